The summed E-state index contributed by atoms with van der Waals surface area (Å²) in [4.78, 5) is 11.5. The molecule has 1 amide bonds. The van der Waals surface area contributed by atoms with Crippen LogP contribution in [0.5, 0.6) is 11.5 Å². The van der Waals surface area contributed by atoms with Gasteiger partial charge in [-0.1, -0.05) is 6.07 Å². The Kier molecular flexibility index (Phi) is 10.2. The zero-order valence-corrected chi connectivity index (χ0v) is 14.0. The quantitative estimate of drug-likeness (QED) is 0.716. The number of nitrogens with two attached hydrogens (primary N) is 1. The maximum Gasteiger partial charge on any atom is 0.387 e. The van der Waals surface area contributed by atoms with Crippen molar-refractivity contribution in [2.24, 2.45) is 5.73 Å². The zero-order valence-electron chi connectivity index (χ0n) is 13.2. The van der Waals surface area contributed by atoms with Crippen LogP contribution in [0.1, 0.15) is 25.3 Å². The van der Waals surface area contributed by atoms with Crippen molar-refractivity contribution in [2.45, 2.75) is 38.8 Å². The van der Waals surface area contributed by atoms with Crippen molar-refractivity contribution in [3.05, 3.63) is 23.8 Å². The third kappa shape index (κ3) is 8.56. The molecule has 0 radical (unpaired) electrons. The number of carbonyl (C=O) groups is 1. The van der Waals surface area contributed by atoms with Crippen LogP contribution in [-0.4, -0.2) is 32.2 Å². The Morgan fingerprint density at radius 1 is 1.35 bits per heavy atom. The Morgan fingerprint density at radius 3 is 2.61 bits per heavy atom. The molecule has 0 bridgehead atoms. The van der Waals surface area contributed by atoms with Gasteiger partial charge in [0, 0.05) is 19.0 Å². The molecule has 0 heterocycles. The van der Waals surface area contributed by atoms with Crippen LogP contribution >= 0.6 is 12.4 Å². The zero-order chi connectivity index (χ0) is 16.5. The summed E-state index contributed by atoms with van der Waals surface area (Å²) in [6.45, 7) is -0.657. The van der Waals surface area contributed by atoms with E-state index in [4.69, 9.17) is 10.5 Å². The van der Waals surface area contributed by atoms with Crippen LogP contribution < -0.4 is 20.5 Å². The second kappa shape index (κ2) is 11.0. The lowest BCUT2D eigenvalue weighted by Crippen LogP contribution is -2.27. The first kappa shape index (κ1) is 21.4. The number of ether oxygens (including phenoxy) is 2. The number of hydrogen-bond acceptors (Lipinski definition) is 4. The molecule has 0 aromatic heterocycles. The monoisotopic (exact) mass is 352 g/mol. The predicted octanol–water partition coefficient (Wildman–Crippen LogP) is 2.50. The van der Waals surface area contributed by atoms with Gasteiger partial charge < -0.3 is 20.5 Å². The molecule has 132 valence electrons. The molecule has 1 atom stereocenters. The number of nitrogens with one attached hydrogen (secondary N) is 1. The first-order chi connectivity index (χ1) is 10.4. The smallest absolute Gasteiger partial charge is 0.387 e. The van der Waals surface area contributed by atoms with Crippen molar-refractivity contribution >= 4 is 18.3 Å². The minimum Gasteiger partial charge on any atom is -0.493 e. The molecule has 0 aliphatic carbocycles. The highest BCUT2D eigenvalue weighted by Gasteiger charge is 2.11. The number of rotatable bonds is 9. The molecule has 1 aromatic carbocycles. The highest BCUT2D eigenvalue weighted by molar-refractivity contribution is 5.85. The van der Waals surface area contributed by atoms with Gasteiger partial charge in [0.05, 0.1) is 7.11 Å². The van der Waals surface area contributed by atoms with E-state index < -0.39 is 6.61 Å². The third-order valence-corrected chi connectivity index (χ3v) is 3.01. The average molecular weight is 353 g/mol. The molecule has 1 rings (SSSR count). The summed E-state index contributed by atoms with van der Waals surface area (Å²) in [5.41, 5.74) is 6.34. The number of hydrogen-bond donors (Lipinski definition) is 2. The molecule has 8 heteroatoms. The molecular formula is C15H23ClF2N2O3. The second-order valence-corrected chi connectivity index (χ2v) is 4.98. The van der Waals surface area contributed by atoms with Crippen LogP contribution in [0, 0.1) is 0 Å². The van der Waals surface area contributed by atoms with E-state index in [0.717, 1.165) is 5.56 Å². The molecular weight excluding hydrogens is 330 g/mol. The van der Waals surface area contributed by atoms with Gasteiger partial charge in [-0.3, -0.25) is 4.79 Å². The molecule has 1 unspecified atom stereocenters. The molecule has 0 saturated heterocycles. The predicted molar refractivity (Wildman–Crippen MR) is 86.5 cm³/mol. The Hall–Kier alpha value is -1.60. The fourth-order valence-corrected chi connectivity index (χ4v) is 1.86. The molecule has 0 spiro atoms. The fourth-order valence-electron chi connectivity index (χ4n) is 1.86. The highest BCUT2D eigenvalue weighted by Crippen LogP contribution is 2.29. The van der Waals surface area contributed by atoms with Gasteiger partial charge in [-0.05, 0) is 37.5 Å². The van der Waals surface area contributed by atoms with Gasteiger partial charge in [0.15, 0.2) is 11.5 Å². The number of carbonyl (C=O) groups excluding carboxylic acids is 1. The Morgan fingerprint density at radius 2 is 2.04 bits per heavy atom. The van der Waals surface area contributed by atoms with E-state index in [0.29, 0.717) is 25.8 Å². The molecule has 3 N–H and O–H groups in total. The normalized spacial score (nSPS) is 11.6. The standard InChI is InChI=1S/C15H22F2N2O3.ClH/c1-10(18)3-6-14(20)19-8-7-11-4-5-12(21-2)13(9-11)22-15(16)17;/h4-5,9-10,15H,3,6-8,18H2,1-2H3,(H,19,20);1H. The van der Waals surface area contributed by atoms with Crippen molar-refractivity contribution in [1.82, 2.24) is 5.32 Å². The van der Waals surface area contributed by atoms with Crippen LogP contribution in [-0.2, 0) is 11.2 Å². The van der Waals surface area contributed by atoms with Crippen molar-refractivity contribution in [1.29, 1.82) is 0 Å². The van der Waals surface area contributed by atoms with Gasteiger partial charge in [-0.15, -0.1) is 12.4 Å². The minimum absolute atomic E-state index is 0. The summed E-state index contributed by atoms with van der Waals surface area (Å²) in [5, 5.41) is 2.76. The Balaban J connectivity index is 0.00000484. The van der Waals surface area contributed by atoms with Crippen LogP contribution in [0.4, 0.5) is 8.78 Å². The van der Waals surface area contributed by atoms with E-state index in [1.54, 1.807) is 12.1 Å². The lowest BCUT2D eigenvalue weighted by atomic mass is 10.1. The Labute approximate surface area is 140 Å². The van der Waals surface area contributed by atoms with Gasteiger partial charge in [0.2, 0.25) is 5.91 Å². The Bertz CT molecular complexity index is 488. The summed E-state index contributed by atoms with van der Waals surface area (Å²) in [6.07, 6.45) is 1.51. The molecule has 0 aliphatic rings. The van der Waals surface area contributed by atoms with E-state index in [2.05, 4.69) is 10.1 Å². The lowest BCUT2D eigenvalue weighted by Gasteiger charge is -2.12. The number of halogens is 3. The van der Waals surface area contributed by atoms with Crippen LogP contribution in [0.15, 0.2) is 18.2 Å². The van der Waals surface area contributed by atoms with Gasteiger partial charge in [-0.25, -0.2) is 0 Å². The molecule has 0 fully saturated rings. The van der Waals surface area contributed by atoms with Gasteiger partial charge in [0.25, 0.3) is 0 Å². The summed E-state index contributed by atoms with van der Waals surface area (Å²) >= 11 is 0. The van der Waals surface area contributed by atoms with Crippen molar-refractivity contribution in [3.63, 3.8) is 0 Å². The fraction of sp³-hybridized carbons (Fsp3) is 0.533. The van der Waals surface area contributed by atoms with Gasteiger partial charge in [-0.2, -0.15) is 8.78 Å². The number of benzene rings is 1. The molecule has 23 heavy (non-hydrogen) atoms. The molecule has 0 aliphatic heterocycles. The van der Waals surface area contributed by atoms with Crippen LogP contribution in [0.2, 0.25) is 0 Å². The average Bonchev–Trinajstić information content (AvgIpc) is 2.45. The number of amides is 1. The van der Waals surface area contributed by atoms with E-state index >= 15 is 0 Å². The summed E-state index contributed by atoms with van der Waals surface area (Å²) in [6, 6.07) is 4.77. The molecule has 5 nitrogen and oxygen atoms in total. The third-order valence-electron chi connectivity index (χ3n) is 3.01. The van der Waals surface area contributed by atoms with Crippen LogP contribution in [0.3, 0.4) is 0 Å². The largest absolute Gasteiger partial charge is 0.493 e. The van der Waals surface area contributed by atoms with E-state index in [-0.39, 0.29) is 35.9 Å². The van der Waals surface area contributed by atoms with Crippen LogP contribution in [0.25, 0.3) is 0 Å². The summed E-state index contributed by atoms with van der Waals surface area (Å²) < 4.78 is 34.0. The lowest BCUT2D eigenvalue weighted by molar-refractivity contribution is -0.121. The highest BCUT2D eigenvalue weighted by atomic mass is 35.5. The van der Waals surface area contributed by atoms with E-state index in [9.17, 15) is 13.6 Å². The molecule has 1 aromatic rings. The minimum atomic E-state index is -2.91. The van der Waals surface area contributed by atoms with Crippen molar-refractivity contribution in [2.75, 3.05) is 13.7 Å². The SMILES string of the molecule is COc1ccc(CCNC(=O)CCC(C)N)cc1OC(F)F.Cl. The second-order valence-electron chi connectivity index (χ2n) is 4.98. The maximum atomic E-state index is 12.3. The van der Waals surface area contributed by atoms with E-state index in [1.165, 1.54) is 13.2 Å². The summed E-state index contributed by atoms with van der Waals surface area (Å²) in [7, 11) is 1.38. The van der Waals surface area contributed by atoms with E-state index in [1.807, 2.05) is 6.92 Å². The van der Waals surface area contributed by atoms with Crippen molar-refractivity contribution in [3.8, 4) is 11.5 Å². The number of alkyl halides is 2. The van der Waals surface area contributed by atoms with Gasteiger partial charge in [0.1, 0.15) is 0 Å². The summed E-state index contributed by atoms with van der Waals surface area (Å²) in [5.74, 6) is 0.151. The van der Waals surface area contributed by atoms with Gasteiger partial charge >= 0.3 is 6.61 Å². The number of methoxy groups -OCH3 is 1. The van der Waals surface area contributed by atoms with Crippen molar-refractivity contribution < 1.29 is 23.0 Å². The maximum absolute atomic E-state index is 12.3. The molecule has 0 saturated carbocycles. The first-order valence-electron chi connectivity index (χ1n) is 7.06. The first-order valence-corrected chi connectivity index (χ1v) is 7.06. The topological polar surface area (TPSA) is 73.6 Å².